The van der Waals surface area contributed by atoms with Gasteiger partial charge in [0.1, 0.15) is 11.7 Å². The Morgan fingerprint density at radius 2 is 2.18 bits per heavy atom. The number of methoxy groups -OCH3 is 1. The van der Waals surface area contributed by atoms with Crippen molar-refractivity contribution in [1.82, 2.24) is 15.8 Å². The molecule has 7 nitrogen and oxygen atoms in total. The first-order valence-corrected chi connectivity index (χ1v) is 6.99. The van der Waals surface area contributed by atoms with E-state index in [-0.39, 0.29) is 18.2 Å². The van der Waals surface area contributed by atoms with Crippen LogP contribution < -0.4 is 15.5 Å². The minimum atomic E-state index is -0.929. The van der Waals surface area contributed by atoms with Crippen LogP contribution in [0.15, 0.2) is 24.3 Å². The number of carbonyl (C=O) groups is 3. The van der Waals surface area contributed by atoms with Crippen LogP contribution in [0.3, 0.4) is 0 Å². The molecule has 2 rings (SSSR count). The smallest absolute Gasteiger partial charge is 0.253 e. The molecule has 1 fully saturated rings. The summed E-state index contributed by atoms with van der Waals surface area (Å²) in [5, 5.41) is 3.83. The molecule has 0 spiro atoms. The van der Waals surface area contributed by atoms with Gasteiger partial charge in [0.05, 0.1) is 7.11 Å². The van der Waals surface area contributed by atoms with Crippen molar-refractivity contribution in [3.8, 4) is 5.75 Å². The van der Waals surface area contributed by atoms with Crippen LogP contribution in [0, 0.1) is 5.92 Å². The summed E-state index contributed by atoms with van der Waals surface area (Å²) in [4.78, 5) is 35.0. The lowest BCUT2D eigenvalue weighted by molar-refractivity contribution is -0.135. The zero-order valence-electron chi connectivity index (χ0n) is 12.6. The second kappa shape index (κ2) is 6.93. The average molecular weight is 305 g/mol. The van der Waals surface area contributed by atoms with Gasteiger partial charge in [0.15, 0.2) is 0 Å². The van der Waals surface area contributed by atoms with Gasteiger partial charge in [-0.05, 0) is 24.1 Å². The summed E-state index contributed by atoms with van der Waals surface area (Å²) >= 11 is 0. The van der Waals surface area contributed by atoms with E-state index >= 15 is 0 Å². The van der Waals surface area contributed by atoms with Crippen molar-refractivity contribution >= 4 is 17.7 Å². The van der Waals surface area contributed by atoms with E-state index in [1.807, 2.05) is 24.3 Å². The Balaban J connectivity index is 1.78. The number of hydrogen-bond acceptors (Lipinski definition) is 4. The number of benzene rings is 1. The standard InChI is InChI=1S/C15H19N3O4/c1-18-15(21)12(14(20)17-18)9-13(19)16-7-6-10-4-3-5-11(8-10)22-2/h3-5,8,12H,6-7,9H2,1-2H3,(H,16,19)(H,17,20). The van der Waals surface area contributed by atoms with Gasteiger partial charge in [0.25, 0.3) is 11.8 Å². The fraction of sp³-hybridized carbons (Fsp3) is 0.400. The molecule has 0 aliphatic carbocycles. The Kier molecular flexibility index (Phi) is 4.98. The van der Waals surface area contributed by atoms with Gasteiger partial charge in [0, 0.05) is 20.0 Å². The van der Waals surface area contributed by atoms with Crippen molar-refractivity contribution in [1.29, 1.82) is 0 Å². The van der Waals surface area contributed by atoms with Gasteiger partial charge >= 0.3 is 0 Å². The molecule has 7 heteroatoms. The molecular formula is C15H19N3O4. The Hall–Kier alpha value is -2.57. The zero-order chi connectivity index (χ0) is 16.1. The third kappa shape index (κ3) is 3.75. The van der Waals surface area contributed by atoms with Gasteiger partial charge < -0.3 is 10.1 Å². The average Bonchev–Trinajstić information content (AvgIpc) is 2.74. The first-order chi connectivity index (χ1) is 10.5. The van der Waals surface area contributed by atoms with E-state index in [1.54, 1.807) is 7.11 Å². The highest BCUT2D eigenvalue weighted by Gasteiger charge is 2.38. The summed E-state index contributed by atoms with van der Waals surface area (Å²) < 4.78 is 5.13. The monoisotopic (exact) mass is 305 g/mol. The molecular weight excluding hydrogens is 286 g/mol. The van der Waals surface area contributed by atoms with E-state index in [1.165, 1.54) is 7.05 Å². The molecule has 1 unspecified atom stereocenters. The van der Waals surface area contributed by atoms with Crippen LogP contribution in [-0.2, 0) is 20.8 Å². The highest BCUT2D eigenvalue weighted by molar-refractivity contribution is 6.07. The largest absolute Gasteiger partial charge is 0.497 e. The van der Waals surface area contributed by atoms with Crippen molar-refractivity contribution in [3.05, 3.63) is 29.8 Å². The van der Waals surface area contributed by atoms with Gasteiger partial charge in [-0.2, -0.15) is 0 Å². The molecule has 0 saturated carbocycles. The lowest BCUT2D eigenvalue weighted by Crippen LogP contribution is -2.31. The van der Waals surface area contributed by atoms with Crippen molar-refractivity contribution in [2.75, 3.05) is 20.7 Å². The molecule has 1 heterocycles. The third-order valence-electron chi connectivity index (χ3n) is 3.48. The number of hydrazine groups is 1. The molecule has 1 aliphatic heterocycles. The molecule has 1 aromatic carbocycles. The predicted molar refractivity (Wildman–Crippen MR) is 78.7 cm³/mol. The van der Waals surface area contributed by atoms with Crippen LogP contribution in [0.1, 0.15) is 12.0 Å². The van der Waals surface area contributed by atoms with Crippen molar-refractivity contribution in [2.24, 2.45) is 5.92 Å². The Bertz CT molecular complexity index is 588. The van der Waals surface area contributed by atoms with Gasteiger partial charge in [-0.3, -0.25) is 24.8 Å². The lowest BCUT2D eigenvalue weighted by Gasteiger charge is -2.08. The molecule has 2 N–H and O–H groups in total. The first-order valence-electron chi connectivity index (χ1n) is 6.99. The minimum Gasteiger partial charge on any atom is -0.497 e. The number of ether oxygens (including phenoxy) is 1. The van der Waals surface area contributed by atoms with Crippen molar-refractivity contribution in [3.63, 3.8) is 0 Å². The highest BCUT2D eigenvalue weighted by atomic mass is 16.5. The molecule has 1 atom stereocenters. The van der Waals surface area contributed by atoms with Gasteiger partial charge in [-0.25, -0.2) is 0 Å². The molecule has 0 bridgehead atoms. The highest BCUT2D eigenvalue weighted by Crippen LogP contribution is 2.14. The van der Waals surface area contributed by atoms with Gasteiger partial charge in [-0.15, -0.1) is 0 Å². The lowest BCUT2D eigenvalue weighted by atomic mass is 10.0. The number of amides is 3. The van der Waals surface area contributed by atoms with Gasteiger partial charge in [0.2, 0.25) is 5.91 Å². The van der Waals surface area contributed by atoms with Crippen LogP contribution in [-0.4, -0.2) is 43.4 Å². The number of rotatable bonds is 6. The van der Waals surface area contributed by atoms with Gasteiger partial charge in [-0.1, -0.05) is 12.1 Å². The number of hydrogen-bond donors (Lipinski definition) is 2. The number of nitrogens with one attached hydrogen (secondary N) is 2. The summed E-state index contributed by atoms with van der Waals surface area (Å²) in [6.07, 6.45) is 0.515. The minimum absolute atomic E-state index is 0.132. The molecule has 1 aromatic rings. The Morgan fingerprint density at radius 1 is 1.41 bits per heavy atom. The van der Waals surface area contributed by atoms with Crippen molar-refractivity contribution in [2.45, 2.75) is 12.8 Å². The van der Waals surface area contributed by atoms with E-state index in [2.05, 4.69) is 10.7 Å². The summed E-state index contributed by atoms with van der Waals surface area (Å²) in [5.74, 6) is -1.29. The Morgan fingerprint density at radius 3 is 2.82 bits per heavy atom. The van der Waals surface area contributed by atoms with Crippen LogP contribution in [0.4, 0.5) is 0 Å². The van der Waals surface area contributed by atoms with E-state index < -0.39 is 11.8 Å². The van der Waals surface area contributed by atoms with Crippen LogP contribution in [0.25, 0.3) is 0 Å². The second-order valence-corrected chi connectivity index (χ2v) is 5.08. The number of nitrogens with zero attached hydrogens (tertiary/aromatic N) is 1. The predicted octanol–water partition coefficient (Wildman–Crippen LogP) is -0.137. The maximum atomic E-state index is 11.8. The molecule has 118 valence electrons. The normalized spacial score (nSPS) is 17.4. The third-order valence-corrected chi connectivity index (χ3v) is 3.48. The van der Waals surface area contributed by atoms with Crippen LogP contribution >= 0.6 is 0 Å². The second-order valence-electron chi connectivity index (χ2n) is 5.08. The van der Waals surface area contributed by atoms with E-state index in [0.29, 0.717) is 13.0 Å². The van der Waals surface area contributed by atoms with E-state index in [0.717, 1.165) is 16.3 Å². The molecule has 0 radical (unpaired) electrons. The van der Waals surface area contributed by atoms with E-state index in [9.17, 15) is 14.4 Å². The first kappa shape index (κ1) is 15.8. The molecule has 0 aromatic heterocycles. The summed E-state index contributed by atoms with van der Waals surface area (Å²) in [7, 11) is 3.06. The number of carbonyl (C=O) groups excluding carboxylic acids is 3. The molecule has 1 saturated heterocycles. The maximum absolute atomic E-state index is 11.8. The fourth-order valence-corrected chi connectivity index (χ4v) is 2.26. The molecule has 1 aliphatic rings. The summed E-state index contributed by atoms with van der Waals surface area (Å²) in [6, 6.07) is 7.57. The topological polar surface area (TPSA) is 87.7 Å². The van der Waals surface area contributed by atoms with Crippen molar-refractivity contribution < 1.29 is 19.1 Å². The molecule has 3 amide bonds. The fourth-order valence-electron chi connectivity index (χ4n) is 2.26. The Labute approximate surface area is 128 Å². The maximum Gasteiger partial charge on any atom is 0.253 e. The zero-order valence-corrected chi connectivity index (χ0v) is 12.6. The summed E-state index contributed by atoms with van der Waals surface area (Å²) in [5.41, 5.74) is 3.40. The van der Waals surface area contributed by atoms with Crippen LogP contribution in [0.2, 0.25) is 0 Å². The van der Waals surface area contributed by atoms with Crippen LogP contribution in [0.5, 0.6) is 5.75 Å². The summed E-state index contributed by atoms with van der Waals surface area (Å²) in [6.45, 7) is 0.435. The molecule has 22 heavy (non-hydrogen) atoms. The quantitative estimate of drug-likeness (QED) is 0.716. The SMILES string of the molecule is COc1cccc(CCNC(=O)CC2C(=O)NN(C)C2=O)c1. The van der Waals surface area contributed by atoms with E-state index in [4.69, 9.17) is 4.74 Å².